The molecule has 94 valence electrons. The molecule has 1 heterocycles. The van der Waals surface area contributed by atoms with Crippen LogP contribution in [0.25, 0.3) is 0 Å². The smallest absolute Gasteiger partial charge is 0.193 e. The van der Waals surface area contributed by atoms with Gasteiger partial charge in [-0.3, -0.25) is 4.79 Å². The number of para-hydroxylation sites is 1. The predicted molar refractivity (Wildman–Crippen MR) is 80.7 cm³/mol. The number of hydrogen-bond acceptors (Lipinski definition) is 3. The van der Waals surface area contributed by atoms with Crippen molar-refractivity contribution in [3.8, 4) is 0 Å². The molecule has 1 aromatic heterocycles. The molecule has 0 unspecified atom stereocenters. The van der Waals surface area contributed by atoms with E-state index in [2.05, 4.69) is 27.8 Å². The maximum Gasteiger partial charge on any atom is 0.193 e. The Morgan fingerprint density at radius 2 is 2.00 bits per heavy atom. The predicted octanol–water partition coefficient (Wildman–Crippen LogP) is 4.22. The van der Waals surface area contributed by atoms with Crippen LogP contribution in [-0.2, 0) is 0 Å². The Morgan fingerprint density at radius 1 is 1.28 bits per heavy atom. The Hall–Kier alpha value is -1.13. The number of benzene rings is 1. The van der Waals surface area contributed by atoms with Gasteiger partial charge in [-0.1, -0.05) is 18.2 Å². The molecule has 2 nitrogen and oxygen atoms in total. The van der Waals surface area contributed by atoms with Crippen LogP contribution in [0.5, 0.6) is 0 Å². The van der Waals surface area contributed by atoms with Crippen molar-refractivity contribution >= 4 is 38.7 Å². The summed E-state index contributed by atoms with van der Waals surface area (Å²) in [4.78, 5) is 15.1. The van der Waals surface area contributed by atoms with E-state index in [-0.39, 0.29) is 5.78 Å². The molecule has 2 aromatic rings. The first-order valence-corrected chi connectivity index (χ1v) is 7.45. The average molecular weight is 324 g/mol. The summed E-state index contributed by atoms with van der Waals surface area (Å²) in [5.41, 5.74) is 1.08. The minimum Gasteiger partial charge on any atom is -0.364 e. The number of halogens is 1. The molecule has 1 aromatic carbocycles. The zero-order chi connectivity index (χ0) is 13.0. The van der Waals surface area contributed by atoms with E-state index in [1.165, 1.54) is 11.3 Å². The van der Waals surface area contributed by atoms with Gasteiger partial charge in [0.25, 0.3) is 0 Å². The largest absolute Gasteiger partial charge is 0.364 e. The second-order valence-corrected chi connectivity index (χ2v) is 5.64. The van der Waals surface area contributed by atoms with Crippen molar-refractivity contribution in [3.63, 3.8) is 0 Å². The molecular formula is C14H14BrNOS. The lowest BCUT2D eigenvalue weighted by molar-refractivity contribution is 0.100. The molecule has 0 atom stereocenters. The fraction of sp³-hybridized carbons (Fsp3) is 0.214. The number of thiophene rings is 1. The van der Waals surface area contributed by atoms with Crippen LogP contribution in [0.15, 0.2) is 46.3 Å². The molecule has 0 spiro atoms. The van der Waals surface area contributed by atoms with E-state index in [4.69, 9.17) is 0 Å². The summed E-state index contributed by atoms with van der Waals surface area (Å²) in [6, 6.07) is 11.9. The lowest BCUT2D eigenvalue weighted by Crippen LogP contribution is -2.29. The van der Waals surface area contributed by atoms with Crippen molar-refractivity contribution < 1.29 is 4.79 Å². The quantitative estimate of drug-likeness (QED) is 0.768. The van der Waals surface area contributed by atoms with Gasteiger partial charge in [0.2, 0.25) is 0 Å². The number of carbonyl (C=O) groups is 1. The van der Waals surface area contributed by atoms with Gasteiger partial charge in [0, 0.05) is 16.7 Å². The lowest BCUT2D eigenvalue weighted by Gasteiger charge is -2.21. The van der Waals surface area contributed by atoms with Crippen LogP contribution in [-0.4, -0.2) is 18.9 Å². The van der Waals surface area contributed by atoms with Gasteiger partial charge in [-0.25, -0.2) is 0 Å². The van der Waals surface area contributed by atoms with Crippen molar-refractivity contribution in [1.82, 2.24) is 0 Å². The first-order valence-electron chi connectivity index (χ1n) is 5.78. The molecule has 0 bridgehead atoms. The summed E-state index contributed by atoms with van der Waals surface area (Å²) in [7, 11) is 0. The van der Waals surface area contributed by atoms with Gasteiger partial charge in [-0.2, -0.15) is 0 Å². The Bertz CT molecular complexity index is 524. The van der Waals surface area contributed by atoms with Gasteiger partial charge in [-0.05, 0) is 46.4 Å². The summed E-state index contributed by atoms with van der Waals surface area (Å²) in [5, 5.41) is 1.93. The zero-order valence-corrected chi connectivity index (χ0v) is 12.5. The molecule has 0 aliphatic rings. The van der Waals surface area contributed by atoms with Gasteiger partial charge in [0.15, 0.2) is 5.78 Å². The molecule has 0 fully saturated rings. The monoisotopic (exact) mass is 323 g/mol. The third-order valence-electron chi connectivity index (χ3n) is 2.71. The van der Waals surface area contributed by atoms with Crippen molar-refractivity contribution in [2.45, 2.75) is 6.92 Å². The summed E-state index contributed by atoms with van der Waals surface area (Å²) < 4.78 is 0.890. The first-order chi connectivity index (χ1) is 8.72. The average Bonchev–Trinajstić information content (AvgIpc) is 2.83. The van der Waals surface area contributed by atoms with Gasteiger partial charge < -0.3 is 4.90 Å². The molecular weight excluding hydrogens is 310 g/mol. The van der Waals surface area contributed by atoms with Crippen molar-refractivity contribution in [3.05, 3.63) is 51.1 Å². The minimum absolute atomic E-state index is 0.155. The molecule has 0 saturated heterocycles. The van der Waals surface area contributed by atoms with Crippen LogP contribution in [0.1, 0.15) is 16.6 Å². The molecule has 0 aliphatic heterocycles. The number of carbonyl (C=O) groups excluding carboxylic acids is 1. The summed E-state index contributed by atoms with van der Waals surface area (Å²) in [5.74, 6) is 0.155. The van der Waals surface area contributed by atoms with Crippen LogP contribution in [0.3, 0.4) is 0 Å². The molecule has 0 N–H and O–H groups in total. The maximum atomic E-state index is 12.2. The number of hydrogen-bond donors (Lipinski definition) is 0. The van der Waals surface area contributed by atoms with Crippen LogP contribution in [0.2, 0.25) is 0 Å². The Morgan fingerprint density at radius 3 is 2.56 bits per heavy atom. The van der Waals surface area contributed by atoms with Crippen molar-refractivity contribution in [2.75, 3.05) is 18.0 Å². The normalized spacial score (nSPS) is 10.3. The van der Waals surface area contributed by atoms with Gasteiger partial charge >= 0.3 is 0 Å². The summed E-state index contributed by atoms with van der Waals surface area (Å²) in [6.07, 6.45) is 0. The highest BCUT2D eigenvalue weighted by Gasteiger charge is 2.15. The highest BCUT2D eigenvalue weighted by Crippen LogP contribution is 2.24. The number of anilines is 1. The summed E-state index contributed by atoms with van der Waals surface area (Å²) >= 11 is 4.89. The number of nitrogens with zero attached hydrogens (tertiary/aromatic N) is 1. The number of Topliss-reactive ketones (excluding diaryl/α,β-unsaturated/α-hetero) is 1. The number of rotatable bonds is 5. The van der Waals surface area contributed by atoms with Crippen LogP contribution in [0.4, 0.5) is 5.69 Å². The topological polar surface area (TPSA) is 20.3 Å². The third-order valence-corrected chi connectivity index (χ3v) is 4.59. The number of ketones is 1. The highest BCUT2D eigenvalue weighted by atomic mass is 79.9. The fourth-order valence-electron chi connectivity index (χ4n) is 1.76. The zero-order valence-electron chi connectivity index (χ0n) is 10.1. The molecule has 0 radical (unpaired) electrons. The van der Waals surface area contributed by atoms with Crippen molar-refractivity contribution in [2.24, 2.45) is 0 Å². The standard InChI is InChI=1S/C14H14BrNOS/c1-2-16(11-6-4-3-5-7-11)10-13(17)14-12(15)8-9-18-14/h3-9H,2,10H2,1H3. The summed E-state index contributed by atoms with van der Waals surface area (Å²) in [6.45, 7) is 3.29. The van der Waals surface area contributed by atoms with E-state index in [1.54, 1.807) is 0 Å². The first kappa shape index (κ1) is 13.3. The molecule has 2 rings (SSSR count). The molecule has 0 amide bonds. The fourth-order valence-corrected chi connectivity index (χ4v) is 3.29. The second-order valence-electron chi connectivity index (χ2n) is 3.87. The Labute approximate surface area is 119 Å². The van der Waals surface area contributed by atoms with E-state index in [9.17, 15) is 4.79 Å². The van der Waals surface area contributed by atoms with Crippen molar-refractivity contribution in [1.29, 1.82) is 0 Å². The van der Waals surface area contributed by atoms with E-state index in [0.29, 0.717) is 6.54 Å². The molecule has 0 saturated carbocycles. The van der Waals surface area contributed by atoms with Crippen LogP contribution >= 0.6 is 27.3 Å². The van der Waals surface area contributed by atoms with Gasteiger partial charge in [-0.15, -0.1) is 11.3 Å². The molecule has 18 heavy (non-hydrogen) atoms. The number of likely N-dealkylation sites (N-methyl/N-ethyl adjacent to an activating group) is 1. The van der Waals surface area contributed by atoms with E-state index < -0.39 is 0 Å². The molecule has 0 aliphatic carbocycles. The van der Waals surface area contributed by atoms with Gasteiger partial charge in [0.05, 0.1) is 11.4 Å². The highest BCUT2D eigenvalue weighted by molar-refractivity contribution is 9.10. The minimum atomic E-state index is 0.155. The maximum absolute atomic E-state index is 12.2. The third kappa shape index (κ3) is 3.00. The molecule has 4 heteroatoms. The van der Waals surface area contributed by atoms with Gasteiger partial charge in [0.1, 0.15) is 0 Å². The van der Waals surface area contributed by atoms with E-state index >= 15 is 0 Å². The lowest BCUT2D eigenvalue weighted by atomic mass is 10.2. The van der Waals surface area contributed by atoms with E-state index in [0.717, 1.165) is 21.6 Å². The second kappa shape index (κ2) is 6.16. The Balaban J connectivity index is 2.13. The van der Waals surface area contributed by atoms with Crippen LogP contribution < -0.4 is 4.90 Å². The van der Waals surface area contributed by atoms with E-state index in [1.807, 2.05) is 41.8 Å². The van der Waals surface area contributed by atoms with Crippen LogP contribution in [0, 0.1) is 0 Å². The Kier molecular flexibility index (Phi) is 4.55. The SMILES string of the molecule is CCN(CC(=O)c1sccc1Br)c1ccccc1.